The molecule has 1 aliphatic rings. The number of nitrogens with one attached hydrogen (secondary N) is 1. The molecule has 7 heteroatoms. The molecule has 6 nitrogen and oxygen atoms in total. The van der Waals surface area contributed by atoms with Crippen molar-refractivity contribution in [3.63, 3.8) is 0 Å². The summed E-state index contributed by atoms with van der Waals surface area (Å²) in [6, 6.07) is 9.35. The molecule has 1 heterocycles. The van der Waals surface area contributed by atoms with E-state index in [1.807, 2.05) is 30.3 Å². The van der Waals surface area contributed by atoms with Crippen LogP contribution in [0.15, 0.2) is 33.9 Å². The summed E-state index contributed by atoms with van der Waals surface area (Å²) in [5.41, 5.74) is -0.0828. The molecule has 0 amide bonds. The molecule has 130 valence electrons. The predicted octanol–water partition coefficient (Wildman–Crippen LogP) is 2.56. The van der Waals surface area contributed by atoms with Gasteiger partial charge in [-0.3, -0.25) is 13.9 Å². The molecule has 1 saturated carbocycles. The summed E-state index contributed by atoms with van der Waals surface area (Å²) in [7, 11) is 2.93. The molecule has 0 saturated heterocycles. The zero-order valence-electron chi connectivity index (χ0n) is 14.1. The lowest BCUT2D eigenvalue weighted by atomic mass is 9.77. The SMILES string of the molecule is Cn1c(NC(c2ccc(Cl)cc2)C2CCC2)c(C#N)c(=O)n(C)c1=O. The van der Waals surface area contributed by atoms with Gasteiger partial charge in [0.05, 0.1) is 6.04 Å². The Morgan fingerprint density at radius 1 is 1.20 bits per heavy atom. The molecule has 1 N–H and O–H groups in total. The van der Waals surface area contributed by atoms with Crippen molar-refractivity contribution in [1.29, 1.82) is 5.26 Å². The van der Waals surface area contributed by atoms with Crippen LogP contribution in [0, 0.1) is 17.2 Å². The predicted molar refractivity (Wildman–Crippen MR) is 96.8 cm³/mol. The fourth-order valence-electron chi connectivity index (χ4n) is 3.18. The van der Waals surface area contributed by atoms with E-state index in [0.29, 0.717) is 10.9 Å². The lowest BCUT2D eigenvalue weighted by Gasteiger charge is -2.35. The fraction of sp³-hybridized carbons (Fsp3) is 0.389. The van der Waals surface area contributed by atoms with E-state index < -0.39 is 11.2 Å². The number of nitrogens with zero attached hydrogens (tertiary/aromatic N) is 3. The van der Waals surface area contributed by atoms with E-state index in [1.54, 1.807) is 7.05 Å². The lowest BCUT2D eigenvalue weighted by Crippen LogP contribution is -2.41. The summed E-state index contributed by atoms with van der Waals surface area (Å²) in [4.78, 5) is 24.5. The van der Waals surface area contributed by atoms with Crippen LogP contribution < -0.4 is 16.6 Å². The molecule has 0 bridgehead atoms. The molecule has 1 aromatic carbocycles. The zero-order valence-corrected chi connectivity index (χ0v) is 14.9. The van der Waals surface area contributed by atoms with Crippen molar-refractivity contribution < 1.29 is 0 Å². The van der Waals surface area contributed by atoms with Gasteiger partial charge in [0.2, 0.25) is 0 Å². The minimum Gasteiger partial charge on any atom is -0.363 e. The highest BCUT2D eigenvalue weighted by Crippen LogP contribution is 2.40. The second kappa shape index (κ2) is 6.77. The van der Waals surface area contributed by atoms with Gasteiger partial charge >= 0.3 is 5.69 Å². The van der Waals surface area contributed by atoms with E-state index in [0.717, 1.165) is 29.4 Å². The normalized spacial score (nSPS) is 15.3. The van der Waals surface area contributed by atoms with Crippen molar-refractivity contribution in [1.82, 2.24) is 9.13 Å². The number of nitriles is 1. The second-order valence-electron chi connectivity index (χ2n) is 6.41. The molecule has 2 aromatic rings. The first-order chi connectivity index (χ1) is 11.9. The summed E-state index contributed by atoms with van der Waals surface area (Å²) < 4.78 is 2.27. The average molecular weight is 359 g/mol. The average Bonchev–Trinajstić information content (AvgIpc) is 2.56. The van der Waals surface area contributed by atoms with Gasteiger partial charge in [-0.25, -0.2) is 4.79 Å². The Hall–Kier alpha value is -2.52. The van der Waals surface area contributed by atoms with Crippen LogP contribution in [0.2, 0.25) is 5.02 Å². The maximum atomic E-state index is 12.3. The van der Waals surface area contributed by atoms with Crippen LogP contribution in [-0.4, -0.2) is 9.13 Å². The number of aromatic nitrogens is 2. The van der Waals surface area contributed by atoms with Gasteiger partial charge in [0, 0.05) is 19.1 Å². The van der Waals surface area contributed by atoms with E-state index >= 15 is 0 Å². The number of benzene rings is 1. The van der Waals surface area contributed by atoms with Crippen LogP contribution >= 0.6 is 11.6 Å². The summed E-state index contributed by atoms with van der Waals surface area (Å²) in [5.74, 6) is 0.648. The molecular formula is C18H19ClN4O2. The molecule has 1 aromatic heterocycles. The molecular weight excluding hydrogens is 340 g/mol. The molecule has 0 radical (unpaired) electrons. The summed E-state index contributed by atoms with van der Waals surface area (Å²) in [6.07, 6.45) is 3.26. The Labute approximate surface area is 150 Å². The number of anilines is 1. The molecule has 1 atom stereocenters. The zero-order chi connectivity index (χ0) is 18.1. The number of hydrogen-bond donors (Lipinski definition) is 1. The maximum Gasteiger partial charge on any atom is 0.332 e. The molecule has 0 spiro atoms. The third-order valence-corrected chi connectivity index (χ3v) is 5.17. The highest BCUT2D eigenvalue weighted by atomic mass is 35.5. The van der Waals surface area contributed by atoms with Gasteiger partial charge in [0.25, 0.3) is 5.56 Å². The lowest BCUT2D eigenvalue weighted by molar-refractivity contribution is 0.276. The van der Waals surface area contributed by atoms with Gasteiger partial charge in [0.15, 0.2) is 5.56 Å². The van der Waals surface area contributed by atoms with E-state index in [9.17, 15) is 14.9 Å². The quantitative estimate of drug-likeness (QED) is 0.910. The van der Waals surface area contributed by atoms with Gasteiger partial charge in [-0.15, -0.1) is 0 Å². The summed E-state index contributed by atoms with van der Waals surface area (Å²) >= 11 is 5.98. The molecule has 25 heavy (non-hydrogen) atoms. The summed E-state index contributed by atoms with van der Waals surface area (Å²) in [6.45, 7) is 0. The van der Waals surface area contributed by atoms with E-state index in [2.05, 4.69) is 5.32 Å². The number of halogens is 1. The minimum absolute atomic E-state index is 0.0529. The van der Waals surface area contributed by atoms with E-state index in [4.69, 9.17) is 11.6 Å². The van der Waals surface area contributed by atoms with Crippen LogP contribution in [0.1, 0.15) is 36.4 Å². The van der Waals surface area contributed by atoms with E-state index in [-0.39, 0.29) is 17.4 Å². The van der Waals surface area contributed by atoms with Crippen LogP contribution in [-0.2, 0) is 14.1 Å². The van der Waals surface area contributed by atoms with Crippen LogP contribution in [0.5, 0.6) is 0 Å². The third kappa shape index (κ3) is 3.08. The van der Waals surface area contributed by atoms with Crippen molar-refractivity contribution in [2.45, 2.75) is 25.3 Å². The molecule has 1 unspecified atom stereocenters. The standard InChI is InChI=1S/C18H19ClN4O2/c1-22-16(14(10-20)17(24)23(2)18(22)25)21-15(11-4-3-5-11)12-6-8-13(19)9-7-12/h6-9,11,15,21H,3-5H2,1-2H3. The Balaban J connectivity index is 2.09. The van der Waals surface area contributed by atoms with Gasteiger partial charge in [-0.05, 0) is 36.5 Å². The highest BCUT2D eigenvalue weighted by molar-refractivity contribution is 6.30. The van der Waals surface area contributed by atoms with Crippen molar-refractivity contribution in [3.8, 4) is 6.07 Å². The first-order valence-corrected chi connectivity index (χ1v) is 8.54. The first-order valence-electron chi connectivity index (χ1n) is 8.16. The van der Waals surface area contributed by atoms with Crippen molar-refractivity contribution in [2.75, 3.05) is 5.32 Å². The van der Waals surface area contributed by atoms with Crippen LogP contribution in [0.3, 0.4) is 0 Å². The molecule has 3 rings (SSSR count). The molecule has 1 aliphatic carbocycles. The molecule has 1 fully saturated rings. The number of rotatable bonds is 4. The Kier molecular flexibility index (Phi) is 4.69. The van der Waals surface area contributed by atoms with Crippen molar-refractivity contribution in [3.05, 3.63) is 61.3 Å². The molecule has 0 aliphatic heterocycles. The minimum atomic E-state index is -0.587. The van der Waals surface area contributed by atoms with Gasteiger partial charge in [0.1, 0.15) is 11.9 Å². The number of hydrogen-bond acceptors (Lipinski definition) is 4. The largest absolute Gasteiger partial charge is 0.363 e. The highest BCUT2D eigenvalue weighted by Gasteiger charge is 2.30. The second-order valence-corrected chi connectivity index (χ2v) is 6.84. The van der Waals surface area contributed by atoms with Crippen molar-refractivity contribution >= 4 is 17.4 Å². The third-order valence-electron chi connectivity index (χ3n) is 4.92. The smallest absolute Gasteiger partial charge is 0.332 e. The Morgan fingerprint density at radius 3 is 2.36 bits per heavy atom. The first kappa shape index (κ1) is 17.3. The Morgan fingerprint density at radius 2 is 1.84 bits per heavy atom. The van der Waals surface area contributed by atoms with Gasteiger partial charge < -0.3 is 5.32 Å². The maximum absolute atomic E-state index is 12.3. The van der Waals surface area contributed by atoms with Gasteiger partial charge in [-0.2, -0.15) is 5.26 Å². The Bertz CT molecular complexity index is 949. The van der Waals surface area contributed by atoms with Crippen LogP contribution in [0.4, 0.5) is 5.82 Å². The summed E-state index contributed by atoms with van der Waals surface area (Å²) in [5, 5.41) is 13.4. The monoisotopic (exact) mass is 358 g/mol. The topological polar surface area (TPSA) is 79.8 Å². The van der Waals surface area contributed by atoms with Crippen LogP contribution in [0.25, 0.3) is 0 Å². The fourth-order valence-corrected chi connectivity index (χ4v) is 3.30. The van der Waals surface area contributed by atoms with Crippen molar-refractivity contribution in [2.24, 2.45) is 20.0 Å². The van der Waals surface area contributed by atoms with Gasteiger partial charge in [-0.1, -0.05) is 30.2 Å². The van der Waals surface area contributed by atoms with E-state index in [1.165, 1.54) is 11.6 Å².